The maximum Gasteiger partial charge on any atom is 0.150 e. The lowest BCUT2D eigenvalue weighted by molar-refractivity contribution is 0.233. The van der Waals surface area contributed by atoms with Crippen molar-refractivity contribution in [3.63, 3.8) is 0 Å². The number of hydrogen-bond donors (Lipinski definition) is 1. The average molecular weight is 683 g/mol. The van der Waals surface area contributed by atoms with Crippen molar-refractivity contribution < 1.29 is 5.11 Å². The number of aromatic nitrogens is 2. The summed E-state index contributed by atoms with van der Waals surface area (Å²) in [6.45, 7) is 13.5. The van der Waals surface area contributed by atoms with E-state index in [2.05, 4.69) is 167 Å². The van der Waals surface area contributed by atoms with Crippen molar-refractivity contribution in [1.29, 1.82) is 0 Å². The monoisotopic (exact) mass is 682 g/mol. The Morgan fingerprint density at radius 2 is 1.37 bits per heavy atom. The van der Waals surface area contributed by atoms with Crippen molar-refractivity contribution in [2.24, 2.45) is 10.4 Å². The van der Waals surface area contributed by atoms with E-state index in [0.717, 1.165) is 55.6 Å². The molecule has 260 valence electrons. The fourth-order valence-electron chi connectivity index (χ4n) is 7.83. The summed E-state index contributed by atoms with van der Waals surface area (Å²) < 4.78 is 2.20. The highest BCUT2D eigenvalue weighted by molar-refractivity contribution is 6.04. The zero-order valence-corrected chi connectivity index (χ0v) is 31.1. The highest BCUT2D eigenvalue weighted by Crippen LogP contribution is 2.43. The lowest BCUT2D eigenvalue weighted by Gasteiger charge is -2.34. The van der Waals surface area contributed by atoms with Crippen LogP contribution in [0.4, 0.5) is 0 Å². The summed E-state index contributed by atoms with van der Waals surface area (Å²) >= 11 is 0. The molecule has 2 atom stereocenters. The number of fused-ring (bicyclic) bond motifs is 2. The van der Waals surface area contributed by atoms with Gasteiger partial charge in [0.25, 0.3) is 0 Å². The van der Waals surface area contributed by atoms with Gasteiger partial charge < -0.3 is 10.0 Å². The van der Waals surface area contributed by atoms with Gasteiger partial charge in [0.1, 0.15) is 17.4 Å². The van der Waals surface area contributed by atoms with Gasteiger partial charge in [0.05, 0.1) is 28.7 Å². The molecular formula is C47H46N4O. The smallest absolute Gasteiger partial charge is 0.150 e. The van der Waals surface area contributed by atoms with Gasteiger partial charge in [0.2, 0.25) is 0 Å². The molecule has 2 heterocycles. The topological polar surface area (TPSA) is 53.6 Å². The molecule has 0 fully saturated rings. The fraction of sp³-hybridized carbons (Fsp3) is 0.234. The Balaban J connectivity index is 1.31. The van der Waals surface area contributed by atoms with Gasteiger partial charge in [0, 0.05) is 23.9 Å². The van der Waals surface area contributed by atoms with Crippen molar-refractivity contribution in [1.82, 2.24) is 14.5 Å². The predicted octanol–water partition coefficient (Wildman–Crippen LogP) is 11.4. The second-order valence-electron chi connectivity index (χ2n) is 16.2. The van der Waals surface area contributed by atoms with Crippen LogP contribution in [-0.2, 0) is 5.41 Å². The molecule has 1 aliphatic rings. The number of nitrogens with zero attached hydrogens (tertiary/aromatic N) is 4. The van der Waals surface area contributed by atoms with E-state index in [1.165, 1.54) is 11.1 Å². The molecule has 7 aromatic rings. The standard InChI is InChI=1S/C47H46N4O/c1-46(2,3)34-24-26-35(27-25-34)51-38-22-14-21-37(41(38)48-45(51)40-36-20-12-11-15-30(36)23-28-39(40)52)32-18-13-19-33(29-32)44-49-43(47(4,5)6)42(50(44)7)31-16-9-8-10-17-31/h8-29,42-43,52H,1-7H3/t42-,43-/m1/s1. The van der Waals surface area contributed by atoms with Gasteiger partial charge in [-0.3, -0.25) is 9.56 Å². The first-order valence-electron chi connectivity index (χ1n) is 18.2. The second kappa shape index (κ2) is 12.5. The van der Waals surface area contributed by atoms with E-state index in [-0.39, 0.29) is 28.7 Å². The molecule has 52 heavy (non-hydrogen) atoms. The van der Waals surface area contributed by atoms with Gasteiger partial charge in [-0.05, 0) is 68.6 Å². The first-order valence-corrected chi connectivity index (χ1v) is 18.2. The Labute approximate surface area is 306 Å². The highest BCUT2D eigenvalue weighted by atomic mass is 16.3. The van der Waals surface area contributed by atoms with E-state index in [9.17, 15) is 5.11 Å². The summed E-state index contributed by atoms with van der Waals surface area (Å²) in [4.78, 5) is 13.2. The Morgan fingerprint density at radius 3 is 2.10 bits per heavy atom. The van der Waals surface area contributed by atoms with E-state index in [0.29, 0.717) is 5.82 Å². The molecule has 8 rings (SSSR count). The molecule has 5 heteroatoms. The number of phenols is 1. The van der Waals surface area contributed by atoms with Crippen LogP contribution in [0.2, 0.25) is 0 Å². The number of likely N-dealkylation sites (N-methyl/N-ethyl adjacent to an activating group) is 1. The zero-order valence-electron chi connectivity index (χ0n) is 31.1. The molecule has 1 aromatic heterocycles. The van der Waals surface area contributed by atoms with Crippen molar-refractivity contribution in [2.75, 3.05) is 7.05 Å². The summed E-state index contributed by atoms with van der Waals surface area (Å²) in [6.07, 6.45) is 0. The van der Waals surface area contributed by atoms with Crippen molar-refractivity contribution in [3.8, 4) is 34.0 Å². The number of imidazole rings is 1. The molecule has 1 N–H and O–H groups in total. The summed E-state index contributed by atoms with van der Waals surface area (Å²) in [7, 11) is 2.17. The number of hydrogen-bond acceptors (Lipinski definition) is 4. The van der Waals surface area contributed by atoms with Crippen LogP contribution in [0.15, 0.2) is 138 Å². The Bertz CT molecular complexity index is 2460. The molecule has 0 amide bonds. The second-order valence-corrected chi connectivity index (χ2v) is 16.2. The van der Waals surface area contributed by atoms with Gasteiger partial charge >= 0.3 is 0 Å². The lowest BCUT2D eigenvalue weighted by Crippen LogP contribution is -2.35. The molecular weight excluding hydrogens is 637 g/mol. The van der Waals surface area contributed by atoms with Crippen LogP contribution in [0.3, 0.4) is 0 Å². The van der Waals surface area contributed by atoms with Crippen molar-refractivity contribution >= 4 is 27.6 Å². The minimum Gasteiger partial charge on any atom is -0.507 e. The van der Waals surface area contributed by atoms with Crippen LogP contribution in [0.5, 0.6) is 5.75 Å². The van der Waals surface area contributed by atoms with Crippen LogP contribution < -0.4 is 0 Å². The molecule has 0 saturated heterocycles. The molecule has 0 unspecified atom stereocenters. The molecule has 0 radical (unpaired) electrons. The first-order chi connectivity index (χ1) is 24.9. The lowest BCUT2D eigenvalue weighted by atomic mass is 9.80. The summed E-state index contributed by atoms with van der Waals surface area (Å²) in [6, 6.07) is 46.8. The number of benzene rings is 6. The van der Waals surface area contributed by atoms with Gasteiger partial charge in [-0.25, -0.2) is 4.98 Å². The fourth-order valence-corrected chi connectivity index (χ4v) is 7.83. The van der Waals surface area contributed by atoms with Crippen molar-refractivity contribution in [3.05, 3.63) is 150 Å². The Morgan fingerprint density at radius 1 is 0.673 bits per heavy atom. The zero-order chi connectivity index (χ0) is 36.4. The maximum absolute atomic E-state index is 11.5. The van der Waals surface area contributed by atoms with Gasteiger partial charge in [-0.15, -0.1) is 0 Å². The number of phenolic OH excluding ortho intramolecular Hbond substituents is 1. The number of aliphatic imine (C=N–C) groups is 1. The summed E-state index contributed by atoms with van der Waals surface area (Å²) in [5, 5.41) is 13.5. The van der Waals surface area contributed by atoms with Gasteiger partial charge in [-0.2, -0.15) is 0 Å². The molecule has 5 nitrogen and oxygen atoms in total. The molecule has 1 aliphatic heterocycles. The molecule has 0 spiro atoms. The highest BCUT2D eigenvalue weighted by Gasteiger charge is 2.42. The number of rotatable bonds is 5. The largest absolute Gasteiger partial charge is 0.507 e. The van der Waals surface area contributed by atoms with Crippen LogP contribution in [0.1, 0.15) is 64.3 Å². The number of para-hydroxylation sites is 1. The van der Waals surface area contributed by atoms with E-state index < -0.39 is 0 Å². The van der Waals surface area contributed by atoms with E-state index in [1.807, 2.05) is 18.2 Å². The van der Waals surface area contributed by atoms with Crippen LogP contribution in [0.25, 0.3) is 50.0 Å². The van der Waals surface area contributed by atoms with Gasteiger partial charge in [-0.1, -0.05) is 145 Å². The quantitative estimate of drug-likeness (QED) is 0.197. The Kier molecular flexibility index (Phi) is 8.06. The third-order valence-corrected chi connectivity index (χ3v) is 10.6. The molecule has 0 bridgehead atoms. The van der Waals surface area contributed by atoms with E-state index in [4.69, 9.17) is 9.98 Å². The predicted molar refractivity (Wildman–Crippen MR) is 217 cm³/mol. The summed E-state index contributed by atoms with van der Waals surface area (Å²) in [5.74, 6) is 1.90. The normalized spacial score (nSPS) is 16.5. The van der Waals surface area contributed by atoms with Crippen LogP contribution in [0, 0.1) is 5.41 Å². The van der Waals surface area contributed by atoms with E-state index in [1.54, 1.807) is 6.07 Å². The number of amidine groups is 1. The van der Waals surface area contributed by atoms with Gasteiger partial charge in [0.15, 0.2) is 0 Å². The molecule has 0 saturated carbocycles. The summed E-state index contributed by atoms with van der Waals surface area (Å²) in [5.41, 5.74) is 9.26. The SMILES string of the molecule is CN1C(c2cccc(-c3cccc4c3nc(-c3c(O)ccc5ccccc35)n4-c3ccc(C(C)(C)C)cc3)c2)=N[C@@H](C(C)(C)C)[C@H]1c1ccccc1. The number of aromatic hydroxyl groups is 1. The minimum absolute atomic E-state index is 0.0240. The van der Waals surface area contributed by atoms with E-state index >= 15 is 0 Å². The third kappa shape index (κ3) is 5.75. The average Bonchev–Trinajstić information content (AvgIpc) is 3.70. The van der Waals surface area contributed by atoms with Crippen molar-refractivity contribution in [2.45, 2.75) is 59.0 Å². The minimum atomic E-state index is -0.0266. The first kappa shape index (κ1) is 33.5. The molecule has 6 aromatic carbocycles. The molecule has 0 aliphatic carbocycles. The maximum atomic E-state index is 11.5. The van der Waals surface area contributed by atoms with Crippen LogP contribution >= 0.6 is 0 Å². The van der Waals surface area contributed by atoms with Crippen LogP contribution in [-0.4, -0.2) is 38.5 Å². The Hall–Kier alpha value is -5.68. The third-order valence-electron chi connectivity index (χ3n) is 10.6.